The third-order valence-corrected chi connectivity index (χ3v) is 5.39. The van der Waals surface area contributed by atoms with Crippen molar-refractivity contribution in [2.24, 2.45) is 0 Å². The van der Waals surface area contributed by atoms with Gasteiger partial charge >= 0.3 is 0 Å². The number of benzene rings is 1. The lowest BCUT2D eigenvalue weighted by Gasteiger charge is -2.36. The number of carbonyl (C=O) groups excluding carboxylic acids is 1. The largest absolute Gasteiger partial charge is 0.373 e. The van der Waals surface area contributed by atoms with Crippen molar-refractivity contribution in [3.8, 4) is 0 Å². The van der Waals surface area contributed by atoms with Crippen LogP contribution in [0, 0.1) is 5.82 Å². The number of sulfone groups is 1. The van der Waals surface area contributed by atoms with Gasteiger partial charge in [-0.25, -0.2) is 12.8 Å². The van der Waals surface area contributed by atoms with Crippen molar-refractivity contribution in [3.63, 3.8) is 0 Å². The van der Waals surface area contributed by atoms with E-state index in [1.165, 1.54) is 23.1 Å². The van der Waals surface area contributed by atoms with Gasteiger partial charge in [0, 0.05) is 6.54 Å². The minimum absolute atomic E-state index is 0.0301. The van der Waals surface area contributed by atoms with E-state index >= 15 is 0 Å². The van der Waals surface area contributed by atoms with Crippen LogP contribution in [-0.2, 0) is 14.6 Å². The highest BCUT2D eigenvalue weighted by Crippen LogP contribution is 2.26. The Morgan fingerprint density at radius 2 is 2.05 bits per heavy atom. The maximum absolute atomic E-state index is 13.7. The molecule has 0 spiro atoms. The van der Waals surface area contributed by atoms with Crippen LogP contribution >= 0.6 is 0 Å². The number of amides is 1. The van der Waals surface area contributed by atoms with E-state index < -0.39 is 33.7 Å². The average molecular weight is 299 g/mol. The second-order valence-electron chi connectivity index (χ2n) is 5.03. The molecule has 20 heavy (non-hydrogen) atoms. The predicted molar refractivity (Wildman–Crippen MR) is 69.6 cm³/mol. The van der Waals surface area contributed by atoms with Gasteiger partial charge in [0.1, 0.15) is 5.82 Å². The van der Waals surface area contributed by atoms with Gasteiger partial charge in [-0.2, -0.15) is 0 Å². The molecule has 1 aromatic carbocycles. The zero-order valence-corrected chi connectivity index (χ0v) is 11.5. The van der Waals surface area contributed by atoms with E-state index in [9.17, 15) is 17.6 Å². The van der Waals surface area contributed by atoms with Crippen LogP contribution in [-0.4, -0.2) is 56.0 Å². The Morgan fingerprint density at radius 1 is 1.30 bits per heavy atom. The molecule has 1 amide bonds. The highest BCUT2D eigenvalue weighted by molar-refractivity contribution is 7.91. The molecule has 0 bridgehead atoms. The molecule has 2 aliphatic rings. The second-order valence-corrected chi connectivity index (χ2v) is 7.19. The van der Waals surface area contributed by atoms with Crippen molar-refractivity contribution in [2.45, 2.75) is 12.1 Å². The Kier molecular flexibility index (Phi) is 3.25. The van der Waals surface area contributed by atoms with Gasteiger partial charge < -0.3 is 9.64 Å². The highest BCUT2D eigenvalue weighted by Gasteiger charge is 2.45. The molecular weight excluding hydrogens is 285 g/mol. The third-order valence-electron chi connectivity index (χ3n) is 3.70. The van der Waals surface area contributed by atoms with Crippen molar-refractivity contribution < 1.29 is 22.3 Å². The summed E-state index contributed by atoms with van der Waals surface area (Å²) in [7, 11) is -3.20. The fourth-order valence-corrected chi connectivity index (χ4v) is 4.63. The predicted octanol–water partition coefficient (Wildman–Crippen LogP) is 0.464. The van der Waals surface area contributed by atoms with Gasteiger partial charge in [-0.05, 0) is 12.1 Å². The zero-order valence-electron chi connectivity index (χ0n) is 10.7. The maximum Gasteiger partial charge on any atom is 0.257 e. The summed E-state index contributed by atoms with van der Waals surface area (Å²) in [5.74, 6) is -1.25. The minimum atomic E-state index is -3.20. The first-order chi connectivity index (χ1) is 9.48. The lowest BCUT2D eigenvalue weighted by atomic mass is 10.1. The lowest BCUT2D eigenvalue weighted by Crippen LogP contribution is -2.53. The number of rotatable bonds is 1. The van der Waals surface area contributed by atoms with Crippen molar-refractivity contribution >= 4 is 15.7 Å². The summed E-state index contributed by atoms with van der Waals surface area (Å²) in [6.07, 6.45) is -0.496. The van der Waals surface area contributed by atoms with Crippen LogP contribution in [0.25, 0.3) is 0 Å². The summed E-state index contributed by atoms with van der Waals surface area (Å²) >= 11 is 0. The molecule has 2 aliphatic heterocycles. The first-order valence-corrected chi connectivity index (χ1v) is 8.17. The Morgan fingerprint density at radius 3 is 2.80 bits per heavy atom. The van der Waals surface area contributed by atoms with E-state index in [2.05, 4.69) is 0 Å². The molecule has 0 aromatic heterocycles. The summed E-state index contributed by atoms with van der Waals surface area (Å²) in [6.45, 7) is 0.556. The number of morpholine rings is 1. The van der Waals surface area contributed by atoms with Gasteiger partial charge in [-0.1, -0.05) is 12.1 Å². The van der Waals surface area contributed by atoms with Crippen LogP contribution in [0.3, 0.4) is 0 Å². The molecule has 2 saturated heterocycles. The summed E-state index contributed by atoms with van der Waals surface area (Å²) in [5, 5.41) is 0. The Bertz CT molecular complexity index is 646. The normalized spacial score (nSPS) is 28.1. The van der Waals surface area contributed by atoms with Crippen molar-refractivity contribution in [1.29, 1.82) is 0 Å². The second kappa shape index (κ2) is 4.82. The number of hydrogen-bond acceptors (Lipinski definition) is 4. The topological polar surface area (TPSA) is 63.7 Å². The Hall–Kier alpha value is -1.47. The molecule has 2 fully saturated rings. The number of carbonyl (C=O) groups is 1. The van der Waals surface area contributed by atoms with Crippen LogP contribution < -0.4 is 0 Å². The standard InChI is InChI=1S/C13H14FNO4S/c14-10-4-2-1-3-9(10)13(16)15-5-6-19-12-8-20(17,18)7-11(12)15/h1-4,11-12H,5-8H2. The van der Waals surface area contributed by atoms with E-state index in [0.717, 1.165) is 0 Å². The smallest absolute Gasteiger partial charge is 0.257 e. The molecule has 3 rings (SSSR count). The highest BCUT2D eigenvalue weighted by atomic mass is 32.2. The van der Waals surface area contributed by atoms with E-state index in [-0.39, 0.29) is 30.2 Å². The Balaban J connectivity index is 1.90. The van der Waals surface area contributed by atoms with Gasteiger partial charge in [0.15, 0.2) is 9.84 Å². The quantitative estimate of drug-likeness (QED) is 0.756. The van der Waals surface area contributed by atoms with Gasteiger partial charge in [-0.3, -0.25) is 4.79 Å². The van der Waals surface area contributed by atoms with E-state index in [1.807, 2.05) is 0 Å². The first-order valence-electron chi connectivity index (χ1n) is 6.35. The molecule has 1 aromatic rings. The molecule has 108 valence electrons. The molecule has 7 heteroatoms. The van der Waals surface area contributed by atoms with Crippen LogP contribution in [0.1, 0.15) is 10.4 Å². The zero-order chi connectivity index (χ0) is 14.3. The SMILES string of the molecule is O=C(c1ccccc1F)N1CCOC2CS(=O)(=O)CC21. The minimum Gasteiger partial charge on any atom is -0.373 e. The summed E-state index contributed by atoms with van der Waals surface area (Å²) in [5.41, 5.74) is -0.0301. The van der Waals surface area contributed by atoms with Crippen molar-refractivity contribution in [3.05, 3.63) is 35.6 Å². The molecule has 0 aliphatic carbocycles. The number of nitrogens with zero attached hydrogens (tertiary/aromatic N) is 1. The summed E-state index contributed by atoms with van der Waals surface area (Å²) in [6, 6.07) is 5.21. The average Bonchev–Trinajstić information content (AvgIpc) is 2.72. The van der Waals surface area contributed by atoms with E-state index in [1.54, 1.807) is 6.07 Å². The van der Waals surface area contributed by atoms with Crippen LogP contribution in [0.15, 0.2) is 24.3 Å². The maximum atomic E-state index is 13.7. The fraction of sp³-hybridized carbons (Fsp3) is 0.462. The van der Waals surface area contributed by atoms with Crippen LogP contribution in [0.4, 0.5) is 4.39 Å². The monoisotopic (exact) mass is 299 g/mol. The molecule has 0 saturated carbocycles. The van der Waals surface area contributed by atoms with E-state index in [0.29, 0.717) is 0 Å². The van der Waals surface area contributed by atoms with Crippen LogP contribution in [0.5, 0.6) is 0 Å². The first kappa shape index (κ1) is 13.5. The lowest BCUT2D eigenvalue weighted by molar-refractivity contribution is -0.0362. The van der Waals surface area contributed by atoms with Gasteiger partial charge in [0.2, 0.25) is 0 Å². The molecule has 5 nitrogen and oxygen atoms in total. The van der Waals surface area contributed by atoms with Crippen molar-refractivity contribution in [2.75, 3.05) is 24.7 Å². The van der Waals surface area contributed by atoms with Gasteiger partial charge in [0.05, 0.1) is 35.8 Å². The molecule has 2 atom stereocenters. The number of ether oxygens (including phenoxy) is 1. The number of halogens is 1. The van der Waals surface area contributed by atoms with Gasteiger partial charge in [0.25, 0.3) is 5.91 Å². The molecule has 0 N–H and O–H groups in total. The Labute approximate surface area is 116 Å². The number of hydrogen-bond donors (Lipinski definition) is 0. The molecule has 0 radical (unpaired) electrons. The summed E-state index contributed by atoms with van der Waals surface area (Å²) < 4.78 is 42.5. The van der Waals surface area contributed by atoms with Crippen LogP contribution in [0.2, 0.25) is 0 Å². The number of fused-ring (bicyclic) bond motifs is 1. The summed E-state index contributed by atoms with van der Waals surface area (Å²) in [4.78, 5) is 13.8. The van der Waals surface area contributed by atoms with Gasteiger partial charge in [-0.15, -0.1) is 0 Å². The fourth-order valence-electron chi connectivity index (χ4n) is 2.76. The molecule has 2 heterocycles. The molecule has 2 unspecified atom stereocenters. The third kappa shape index (κ3) is 2.31. The van der Waals surface area contributed by atoms with E-state index in [4.69, 9.17) is 4.74 Å². The van der Waals surface area contributed by atoms with Crippen molar-refractivity contribution in [1.82, 2.24) is 4.90 Å². The molecular formula is C13H14FNO4S.